The van der Waals surface area contributed by atoms with Gasteiger partial charge in [-0.05, 0) is 42.2 Å². The fraction of sp³-hybridized carbons (Fsp3) is 0.600. The summed E-state index contributed by atoms with van der Waals surface area (Å²) in [5.74, 6) is 1.83. The molecule has 0 spiro atoms. The molecule has 3 nitrogen and oxygen atoms in total. The molecule has 1 heterocycles. The van der Waals surface area contributed by atoms with Crippen molar-refractivity contribution in [2.75, 3.05) is 18.6 Å². The first kappa shape index (κ1) is 12.9. The van der Waals surface area contributed by atoms with Gasteiger partial charge in [-0.25, -0.2) is 0 Å². The lowest BCUT2D eigenvalue weighted by atomic mass is 10.2. The van der Waals surface area contributed by atoms with Crippen LogP contribution in [0.15, 0.2) is 16.5 Å². The molecule has 1 atom stereocenters. The lowest BCUT2D eigenvalue weighted by Gasteiger charge is -2.14. The maximum atomic E-state index is 9.11. The van der Waals surface area contributed by atoms with E-state index in [9.17, 15) is 0 Å². The second-order valence-electron chi connectivity index (χ2n) is 3.25. The third-order valence-electron chi connectivity index (χ3n) is 2.08. The monoisotopic (exact) mass is 249 g/mol. The molecule has 0 radical (unpaired) electrons. The van der Waals surface area contributed by atoms with Crippen LogP contribution in [-0.4, -0.2) is 29.8 Å². The highest BCUT2D eigenvalue weighted by atomic mass is 35.5. The molecule has 2 N–H and O–H groups in total. The van der Waals surface area contributed by atoms with E-state index in [1.54, 1.807) is 17.8 Å². The van der Waals surface area contributed by atoms with E-state index in [2.05, 4.69) is 11.6 Å². The number of thioether (sulfide) groups is 1. The molecule has 15 heavy (non-hydrogen) atoms. The van der Waals surface area contributed by atoms with Gasteiger partial charge in [-0.1, -0.05) is 0 Å². The van der Waals surface area contributed by atoms with Crippen molar-refractivity contribution in [2.45, 2.75) is 19.0 Å². The molecule has 0 saturated carbocycles. The fourth-order valence-corrected chi connectivity index (χ4v) is 1.89. The normalized spacial score (nSPS) is 13.0. The Hall–Kier alpha value is -0.160. The first-order valence-electron chi connectivity index (χ1n) is 4.83. The van der Waals surface area contributed by atoms with E-state index in [1.165, 1.54) is 0 Å². The second kappa shape index (κ2) is 7.17. The maximum Gasteiger partial charge on any atom is 0.193 e. The van der Waals surface area contributed by atoms with E-state index in [1.807, 2.05) is 6.07 Å². The third kappa shape index (κ3) is 4.93. The predicted molar refractivity (Wildman–Crippen MR) is 64.4 cm³/mol. The van der Waals surface area contributed by atoms with Crippen molar-refractivity contribution in [3.05, 3.63) is 23.1 Å². The summed E-state index contributed by atoms with van der Waals surface area (Å²) in [5, 5.41) is 12.7. The van der Waals surface area contributed by atoms with E-state index < -0.39 is 0 Å². The Bertz CT molecular complexity index is 280. The van der Waals surface area contributed by atoms with Crippen molar-refractivity contribution in [1.29, 1.82) is 0 Å². The van der Waals surface area contributed by atoms with Crippen molar-refractivity contribution in [1.82, 2.24) is 5.32 Å². The Morgan fingerprint density at radius 2 is 2.40 bits per heavy atom. The quantitative estimate of drug-likeness (QED) is 0.777. The van der Waals surface area contributed by atoms with Crippen LogP contribution in [0.5, 0.6) is 0 Å². The summed E-state index contributed by atoms with van der Waals surface area (Å²) in [6.07, 6.45) is 3.01. The molecule has 0 aliphatic heterocycles. The van der Waals surface area contributed by atoms with Gasteiger partial charge in [0.2, 0.25) is 0 Å². The molecule has 1 aromatic rings. The maximum absolute atomic E-state index is 9.11. The van der Waals surface area contributed by atoms with Gasteiger partial charge >= 0.3 is 0 Å². The smallest absolute Gasteiger partial charge is 0.193 e. The van der Waals surface area contributed by atoms with Crippen molar-refractivity contribution in [2.24, 2.45) is 0 Å². The fourth-order valence-electron chi connectivity index (χ4n) is 1.21. The molecule has 5 heteroatoms. The van der Waals surface area contributed by atoms with Gasteiger partial charge < -0.3 is 14.8 Å². The predicted octanol–water partition coefficient (Wildman–Crippen LogP) is 2.14. The average molecular weight is 250 g/mol. The van der Waals surface area contributed by atoms with E-state index in [4.69, 9.17) is 21.1 Å². The zero-order valence-corrected chi connectivity index (χ0v) is 10.3. The minimum Gasteiger partial charge on any atom is -0.448 e. The van der Waals surface area contributed by atoms with Crippen LogP contribution in [0.4, 0.5) is 0 Å². The molecule has 0 aliphatic carbocycles. The molecule has 0 bridgehead atoms. The number of furan rings is 1. The average Bonchev–Trinajstić information content (AvgIpc) is 2.65. The van der Waals surface area contributed by atoms with Gasteiger partial charge in [0.25, 0.3) is 0 Å². The van der Waals surface area contributed by atoms with Crippen LogP contribution in [0.25, 0.3) is 0 Å². The van der Waals surface area contributed by atoms with E-state index >= 15 is 0 Å². The summed E-state index contributed by atoms with van der Waals surface area (Å²) < 4.78 is 5.20. The van der Waals surface area contributed by atoms with Gasteiger partial charge in [0, 0.05) is 6.04 Å². The molecule has 1 unspecified atom stereocenters. The molecular weight excluding hydrogens is 234 g/mol. The molecule has 0 aliphatic rings. The first-order valence-corrected chi connectivity index (χ1v) is 6.61. The van der Waals surface area contributed by atoms with Gasteiger partial charge in [0.15, 0.2) is 5.22 Å². The molecule has 0 fully saturated rings. The first-order chi connectivity index (χ1) is 7.26. The second-order valence-corrected chi connectivity index (χ2v) is 4.61. The minimum atomic E-state index is 0.126. The van der Waals surface area contributed by atoms with Gasteiger partial charge in [-0.3, -0.25) is 0 Å². The van der Waals surface area contributed by atoms with Crippen LogP contribution in [0.1, 0.15) is 12.2 Å². The Morgan fingerprint density at radius 3 is 2.93 bits per heavy atom. The van der Waals surface area contributed by atoms with Crippen LogP contribution in [-0.2, 0) is 6.54 Å². The zero-order valence-electron chi connectivity index (χ0n) is 8.70. The summed E-state index contributed by atoms with van der Waals surface area (Å²) in [4.78, 5) is 0. The van der Waals surface area contributed by atoms with E-state index in [0.29, 0.717) is 11.8 Å². The highest BCUT2D eigenvalue weighted by Crippen LogP contribution is 2.13. The number of aliphatic hydroxyl groups is 1. The topological polar surface area (TPSA) is 45.4 Å². The highest BCUT2D eigenvalue weighted by molar-refractivity contribution is 7.98. The van der Waals surface area contributed by atoms with Crippen molar-refractivity contribution in [3.63, 3.8) is 0 Å². The van der Waals surface area contributed by atoms with Crippen LogP contribution in [0.2, 0.25) is 5.22 Å². The highest BCUT2D eigenvalue weighted by Gasteiger charge is 2.07. The number of aliphatic hydroxyl groups excluding tert-OH is 1. The standard InChI is InChI=1S/C10H16ClNO2S/c1-15-5-4-8(7-13)12-6-9-2-3-10(11)14-9/h2-3,8,12-13H,4-7H2,1H3. The van der Waals surface area contributed by atoms with Gasteiger partial charge in [-0.15, -0.1) is 0 Å². The largest absolute Gasteiger partial charge is 0.448 e. The van der Waals surface area contributed by atoms with Crippen LogP contribution >= 0.6 is 23.4 Å². The van der Waals surface area contributed by atoms with Crippen molar-refractivity contribution < 1.29 is 9.52 Å². The molecule has 1 rings (SSSR count). The Balaban J connectivity index is 2.27. The number of nitrogens with one attached hydrogen (secondary N) is 1. The molecule has 86 valence electrons. The van der Waals surface area contributed by atoms with E-state index in [0.717, 1.165) is 17.9 Å². The summed E-state index contributed by atoms with van der Waals surface area (Å²) in [7, 11) is 0. The van der Waals surface area contributed by atoms with Crippen molar-refractivity contribution >= 4 is 23.4 Å². The number of rotatable bonds is 7. The summed E-state index contributed by atoms with van der Waals surface area (Å²) in [6.45, 7) is 0.751. The molecule has 0 aromatic carbocycles. The molecular formula is C10H16ClNO2S. The van der Waals surface area contributed by atoms with E-state index in [-0.39, 0.29) is 12.6 Å². The molecule has 0 amide bonds. The Morgan fingerprint density at radius 1 is 1.60 bits per heavy atom. The lowest BCUT2D eigenvalue weighted by Crippen LogP contribution is -2.32. The summed E-state index contributed by atoms with van der Waals surface area (Å²) >= 11 is 7.42. The Labute approximate surface area is 99.2 Å². The van der Waals surface area contributed by atoms with Gasteiger partial charge in [-0.2, -0.15) is 11.8 Å². The van der Waals surface area contributed by atoms with Crippen LogP contribution in [0.3, 0.4) is 0 Å². The SMILES string of the molecule is CSCCC(CO)NCc1ccc(Cl)o1. The van der Waals surface area contributed by atoms with Crippen LogP contribution < -0.4 is 5.32 Å². The lowest BCUT2D eigenvalue weighted by molar-refractivity contribution is 0.236. The van der Waals surface area contributed by atoms with Gasteiger partial charge in [0.05, 0.1) is 13.2 Å². The number of halogens is 1. The van der Waals surface area contributed by atoms with Gasteiger partial charge in [0.1, 0.15) is 5.76 Å². The molecule has 0 saturated heterocycles. The van der Waals surface area contributed by atoms with Crippen LogP contribution in [0, 0.1) is 0 Å². The Kier molecular flexibility index (Phi) is 6.17. The molecule has 1 aromatic heterocycles. The minimum absolute atomic E-state index is 0.126. The number of hydrogen-bond donors (Lipinski definition) is 2. The van der Waals surface area contributed by atoms with Crippen molar-refractivity contribution in [3.8, 4) is 0 Å². The zero-order chi connectivity index (χ0) is 11.1. The summed E-state index contributed by atoms with van der Waals surface area (Å²) in [6, 6.07) is 3.67. The number of hydrogen-bond acceptors (Lipinski definition) is 4. The third-order valence-corrected chi connectivity index (χ3v) is 2.93. The summed E-state index contributed by atoms with van der Waals surface area (Å²) in [5.41, 5.74) is 0.